The van der Waals surface area contributed by atoms with Gasteiger partial charge in [0.2, 0.25) is 10.0 Å². The molecular weight excluding hydrogens is 418 g/mol. The molecule has 170 valence electrons. The summed E-state index contributed by atoms with van der Waals surface area (Å²) in [5.41, 5.74) is 1.28. The minimum Gasteiger partial charge on any atom is -0.379 e. The van der Waals surface area contributed by atoms with Crippen molar-refractivity contribution in [3.63, 3.8) is 0 Å². The van der Waals surface area contributed by atoms with Gasteiger partial charge >= 0.3 is 0 Å². The van der Waals surface area contributed by atoms with E-state index in [4.69, 9.17) is 0 Å². The molecule has 10 heteroatoms. The zero-order chi connectivity index (χ0) is 22.9. The van der Waals surface area contributed by atoms with Crippen LogP contribution < -0.4 is 10.0 Å². The Kier molecular flexibility index (Phi) is 9.38. The third kappa shape index (κ3) is 8.25. The summed E-state index contributed by atoms with van der Waals surface area (Å²) in [5, 5.41) is 14.5. The molecule has 2 aromatic carbocycles. The maximum atomic E-state index is 12.4. The van der Waals surface area contributed by atoms with E-state index in [2.05, 4.69) is 27.1 Å². The van der Waals surface area contributed by atoms with Crippen molar-refractivity contribution in [1.29, 1.82) is 0 Å². The van der Waals surface area contributed by atoms with Crippen molar-refractivity contribution in [2.45, 2.75) is 17.9 Å². The van der Waals surface area contributed by atoms with Crippen LogP contribution in [0.3, 0.4) is 0 Å². The van der Waals surface area contributed by atoms with Crippen LogP contribution in [0.5, 0.6) is 0 Å². The summed E-state index contributed by atoms with van der Waals surface area (Å²) < 4.78 is 27.3. The topological polar surface area (TPSA) is 108 Å². The third-order valence-electron chi connectivity index (χ3n) is 4.65. The largest absolute Gasteiger partial charge is 0.379 e. The van der Waals surface area contributed by atoms with E-state index in [1.165, 1.54) is 17.7 Å². The highest BCUT2D eigenvalue weighted by Gasteiger charge is 2.21. The SMILES string of the molecule is CN(C)CCNS(=O)(=O)c1ccc(NCCCN(C)Cc2ccccc2)c([N+](=O)[O-])c1. The standard InChI is InChI=1S/C21H31N5O4S/c1-24(2)15-13-23-31(29,30)19-10-11-20(21(16-19)26(27)28)22-12-7-14-25(3)17-18-8-5-4-6-9-18/h4-6,8-11,16,22-23H,7,12-15,17H2,1-3H3. The number of benzene rings is 2. The number of nitrogens with one attached hydrogen (secondary N) is 2. The molecule has 0 saturated heterocycles. The number of sulfonamides is 1. The monoisotopic (exact) mass is 449 g/mol. The quantitative estimate of drug-likeness (QED) is 0.275. The molecule has 0 bridgehead atoms. The molecule has 0 aliphatic carbocycles. The molecule has 0 atom stereocenters. The fourth-order valence-corrected chi connectivity index (χ4v) is 4.05. The Morgan fingerprint density at radius 3 is 2.35 bits per heavy atom. The number of nitro groups is 1. The summed E-state index contributed by atoms with van der Waals surface area (Å²) in [4.78, 5) is 14.8. The van der Waals surface area contributed by atoms with Gasteiger partial charge in [0.1, 0.15) is 5.69 Å². The predicted molar refractivity (Wildman–Crippen MR) is 123 cm³/mol. The molecular formula is C21H31N5O4S. The second-order valence-corrected chi connectivity index (χ2v) is 9.41. The number of hydrogen-bond acceptors (Lipinski definition) is 7. The first kappa shape index (κ1) is 24.7. The van der Waals surface area contributed by atoms with Gasteiger partial charge in [0.15, 0.2) is 0 Å². The maximum absolute atomic E-state index is 12.4. The molecule has 31 heavy (non-hydrogen) atoms. The predicted octanol–water partition coefficient (Wildman–Crippen LogP) is 2.37. The average molecular weight is 450 g/mol. The highest BCUT2D eigenvalue weighted by atomic mass is 32.2. The summed E-state index contributed by atoms with van der Waals surface area (Å²) in [5.74, 6) is 0. The molecule has 2 aromatic rings. The Bertz CT molecular complexity index is 951. The van der Waals surface area contributed by atoms with E-state index in [0.717, 1.165) is 25.6 Å². The first-order valence-corrected chi connectivity index (χ1v) is 11.6. The summed E-state index contributed by atoms with van der Waals surface area (Å²) >= 11 is 0. The molecule has 0 heterocycles. The molecule has 0 fully saturated rings. The number of hydrogen-bond donors (Lipinski definition) is 2. The van der Waals surface area contributed by atoms with Crippen LogP contribution in [0.15, 0.2) is 53.4 Å². The number of likely N-dealkylation sites (N-methyl/N-ethyl adjacent to an activating group) is 1. The van der Waals surface area contributed by atoms with Crippen LogP contribution in [-0.2, 0) is 16.6 Å². The van der Waals surface area contributed by atoms with Crippen molar-refractivity contribution in [3.8, 4) is 0 Å². The van der Waals surface area contributed by atoms with E-state index in [9.17, 15) is 18.5 Å². The minimum absolute atomic E-state index is 0.119. The van der Waals surface area contributed by atoms with Crippen LogP contribution in [0, 0.1) is 10.1 Å². The Morgan fingerprint density at radius 2 is 1.71 bits per heavy atom. The van der Waals surface area contributed by atoms with Gasteiger partial charge < -0.3 is 15.1 Å². The van der Waals surface area contributed by atoms with Crippen molar-refractivity contribution < 1.29 is 13.3 Å². The van der Waals surface area contributed by atoms with Crippen LogP contribution in [-0.4, -0.2) is 70.5 Å². The van der Waals surface area contributed by atoms with E-state index >= 15 is 0 Å². The highest BCUT2D eigenvalue weighted by molar-refractivity contribution is 7.89. The van der Waals surface area contributed by atoms with Crippen LogP contribution in [0.4, 0.5) is 11.4 Å². The van der Waals surface area contributed by atoms with Gasteiger partial charge in [0.05, 0.1) is 9.82 Å². The summed E-state index contributed by atoms with van der Waals surface area (Å²) in [7, 11) is 1.88. The molecule has 0 amide bonds. The third-order valence-corrected chi connectivity index (χ3v) is 6.11. The number of nitro benzene ring substituents is 1. The van der Waals surface area contributed by atoms with Crippen LogP contribution in [0.2, 0.25) is 0 Å². The fraction of sp³-hybridized carbons (Fsp3) is 0.429. The molecule has 9 nitrogen and oxygen atoms in total. The first-order valence-electron chi connectivity index (χ1n) is 10.1. The molecule has 0 radical (unpaired) electrons. The summed E-state index contributed by atoms with van der Waals surface area (Å²) in [6.45, 7) is 2.93. The van der Waals surface area contributed by atoms with E-state index in [-0.39, 0.29) is 17.1 Å². The second-order valence-electron chi connectivity index (χ2n) is 7.64. The zero-order valence-corrected chi connectivity index (χ0v) is 19.1. The Balaban J connectivity index is 1.93. The molecule has 0 aromatic heterocycles. The van der Waals surface area contributed by atoms with Crippen molar-refractivity contribution >= 4 is 21.4 Å². The lowest BCUT2D eigenvalue weighted by atomic mass is 10.2. The van der Waals surface area contributed by atoms with Gasteiger partial charge in [-0.2, -0.15) is 0 Å². The van der Waals surface area contributed by atoms with E-state index in [1.807, 2.05) is 44.2 Å². The van der Waals surface area contributed by atoms with Gasteiger partial charge in [0.25, 0.3) is 5.69 Å². The Hall–Kier alpha value is -2.53. The molecule has 0 aliphatic rings. The zero-order valence-electron chi connectivity index (χ0n) is 18.2. The van der Waals surface area contributed by atoms with Crippen molar-refractivity contribution in [3.05, 3.63) is 64.2 Å². The maximum Gasteiger partial charge on any atom is 0.293 e. The fourth-order valence-electron chi connectivity index (χ4n) is 3.01. The lowest BCUT2D eigenvalue weighted by Crippen LogP contribution is -2.31. The van der Waals surface area contributed by atoms with Gasteiger partial charge in [-0.05, 0) is 51.8 Å². The van der Waals surface area contributed by atoms with Crippen LogP contribution >= 0.6 is 0 Å². The van der Waals surface area contributed by atoms with Crippen LogP contribution in [0.25, 0.3) is 0 Å². The first-order chi connectivity index (χ1) is 14.7. The van der Waals surface area contributed by atoms with Gasteiger partial charge in [-0.3, -0.25) is 10.1 Å². The lowest BCUT2D eigenvalue weighted by Gasteiger charge is -2.17. The van der Waals surface area contributed by atoms with Crippen LogP contribution in [0.1, 0.15) is 12.0 Å². The van der Waals surface area contributed by atoms with Gasteiger partial charge in [-0.25, -0.2) is 13.1 Å². The normalized spacial score (nSPS) is 11.8. The molecule has 0 aliphatic heterocycles. The number of nitrogens with zero attached hydrogens (tertiary/aromatic N) is 3. The van der Waals surface area contributed by atoms with Gasteiger partial charge in [-0.15, -0.1) is 0 Å². The lowest BCUT2D eigenvalue weighted by molar-refractivity contribution is -0.384. The number of anilines is 1. The molecule has 2 rings (SSSR count). The Morgan fingerprint density at radius 1 is 1.00 bits per heavy atom. The highest BCUT2D eigenvalue weighted by Crippen LogP contribution is 2.27. The molecule has 0 spiro atoms. The molecule has 0 saturated carbocycles. The molecule has 0 unspecified atom stereocenters. The van der Waals surface area contributed by atoms with Crippen molar-refractivity contribution in [2.75, 3.05) is 52.6 Å². The summed E-state index contributed by atoms with van der Waals surface area (Å²) in [6, 6.07) is 14.1. The summed E-state index contributed by atoms with van der Waals surface area (Å²) in [6.07, 6.45) is 0.784. The average Bonchev–Trinajstić information content (AvgIpc) is 2.71. The minimum atomic E-state index is -3.81. The smallest absolute Gasteiger partial charge is 0.293 e. The number of rotatable bonds is 13. The van der Waals surface area contributed by atoms with E-state index in [0.29, 0.717) is 18.8 Å². The second kappa shape index (κ2) is 11.8. The van der Waals surface area contributed by atoms with Crippen molar-refractivity contribution in [2.24, 2.45) is 0 Å². The van der Waals surface area contributed by atoms with Gasteiger partial charge in [0, 0.05) is 32.2 Å². The van der Waals surface area contributed by atoms with E-state index in [1.54, 1.807) is 0 Å². The van der Waals surface area contributed by atoms with E-state index < -0.39 is 14.9 Å². The Labute approximate surface area is 184 Å². The van der Waals surface area contributed by atoms with Gasteiger partial charge in [-0.1, -0.05) is 30.3 Å². The molecule has 2 N–H and O–H groups in total. The van der Waals surface area contributed by atoms with Crippen molar-refractivity contribution in [1.82, 2.24) is 14.5 Å².